The molecule has 0 radical (unpaired) electrons. The van der Waals surface area contributed by atoms with E-state index in [1.165, 1.54) is 25.7 Å². The van der Waals surface area contributed by atoms with Gasteiger partial charge >= 0.3 is 5.97 Å². The molecule has 1 unspecified atom stereocenters. The lowest BCUT2D eigenvalue weighted by Crippen LogP contribution is -2.23. The molecule has 0 aliphatic carbocycles. The molecule has 18 heavy (non-hydrogen) atoms. The van der Waals surface area contributed by atoms with Crippen LogP contribution in [0.25, 0.3) is 0 Å². The predicted octanol–water partition coefficient (Wildman–Crippen LogP) is 1.83. The van der Waals surface area contributed by atoms with E-state index in [1.54, 1.807) is 0 Å². The third-order valence-corrected chi connectivity index (χ3v) is 2.49. The van der Waals surface area contributed by atoms with Crippen molar-refractivity contribution in [2.75, 3.05) is 26.4 Å². The summed E-state index contributed by atoms with van der Waals surface area (Å²) >= 11 is 0. The maximum atomic E-state index is 10.2. The van der Waals surface area contributed by atoms with Crippen molar-refractivity contribution in [3.8, 4) is 0 Å². The summed E-state index contributed by atoms with van der Waals surface area (Å²) in [5.41, 5.74) is 0. The third-order valence-electron chi connectivity index (χ3n) is 2.49. The van der Waals surface area contributed by atoms with Gasteiger partial charge in [-0.25, -0.2) is 4.79 Å². The van der Waals surface area contributed by atoms with Gasteiger partial charge in [0, 0.05) is 6.61 Å². The number of carboxylic acids is 1. The normalized spacial score (nSPS) is 12.6. The largest absolute Gasteiger partial charge is 0.480 e. The number of carboxylic acid groups (broad SMARTS) is 1. The van der Waals surface area contributed by atoms with Crippen LogP contribution >= 0.6 is 0 Å². The Kier molecular flexibility index (Phi) is 12.3. The van der Waals surface area contributed by atoms with Crippen LogP contribution in [-0.4, -0.2) is 48.7 Å². The number of ether oxygens (including phenoxy) is 2. The van der Waals surface area contributed by atoms with Gasteiger partial charge in [0.2, 0.25) is 0 Å². The molecule has 5 nitrogen and oxygen atoms in total. The quantitative estimate of drug-likeness (QED) is 0.495. The molecule has 0 heterocycles. The Bertz CT molecular complexity index is 196. The number of hydrogen-bond donors (Lipinski definition) is 2. The summed E-state index contributed by atoms with van der Waals surface area (Å²) in [6.07, 6.45) is 6.48. The lowest BCUT2D eigenvalue weighted by molar-refractivity contribution is -0.143. The third kappa shape index (κ3) is 13.4. The first kappa shape index (κ1) is 17.4. The summed E-state index contributed by atoms with van der Waals surface area (Å²) in [4.78, 5) is 10.2. The van der Waals surface area contributed by atoms with Gasteiger partial charge in [0.15, 0.2) is 0 Å². The van der Waals surface area contributed by atoms with E-state index in [1.807, 2.05) is 0 Å². The fourth-order valence-corrected chi connectivity index (χ4v) is 1.53. The Morgan fingerprint density at radius 1 is 1.06 bits per heavy atom. The molecule has 108 valence electrons. The van der Waals surface area contributed by atoms with Crippen molar-refractivity contribution in [1.82, 2.24) is 0 Å². The monoisotopic (exact) mass is 262 g/mol. The van der Waals surface area contributed by atoms with Gasteiger partial charge < -0.3 is 19.7 Å². The van der Waals surface area contributed by atoms with E-state index in [9.17, 15) is 9.90 Å². The number of aliphatic hydroxyl groups is 1. The first-order valence-corrected chi connectivity index (χ1v) is 6.72. The van der Waals surface area contributed by atoms with Crippen LogP contribution in [0, 0.1) is 0 Å². The second-order valence-electron chi connectivity index (χ2n) is 4.41. The number of carbonyl (C=O) groups is 1. The lowest BCUT2D eigenvalue weighted by Gasteiger charge is -2.10. The molecule has 0 aromatic heterocycles. The molecular weight excluding hydrogens is 236 g/mol. The molecule has 1 atom stereocenters. The van der Waals surface area contributed by atoms with Gasteiger partial charge in [0.1, 0.15) is 12.7 Å². The molecule has 0 amide bonds. The Balaban J connectivity index is 3.15. The molecule has 0 aliphatic rings. The molecule has 0 saturated heterocycles. The fourth-order valence-electron chi connectivity index (χ4n) is 1.53. The first-order chi connectivity index (χ1) is 8.66. The molecule has 0 spiro atoms. The van der Waals surface area contributed by atoms with E-state index in [2.05, 4.69) is 6.92 Å². The minimum absolute atomic E-state index is 0.00278. The highest BCUT2D eigenvalue weighted by molar-refractivity contribution is 5.67. The Morgan fingerprint density at radius 2 is 1.67 bits per heavy atom. The van der Waals surface area contributed by atoms with Gasteiger partial charge in [0.05, 0.1) is 13.2 Å². The molecule has 5 heteroatoms. The minimum Gasteiger partial charge on any atom is -0.480 e. The van der Waals surface area contributed by atoms with E-state index in [0.717, 1.165) is 12.8 Å². The van der Waals surface area contributed by atoms with Crippen LogP contribution in [0.4, 0.5) is 0 Å². The number of rotatable bonds is 13. The van der Waals surface area contributed by atoms with Crippen LogP contribution in [0.3, 0.4) is 0 Å². The summed E-state index contributed by atoms with van der Waals surface area (Å²) in [5, 5.41) is 17.7. The van der Waals surface area contributed by atoms with Crippen LogP contribution in [0.15, 0.2) is 0 Å². The number of aliphatic hydroxyl groups excluding tert-OH is 1. The van der Waals surface area contributed by atoms with Gasteiger partial charge in [-0.1, -0.05) is 39.0 Å². The van der Waals surface area contributed by atoms with Gasteiger partial charge in [-0.3, -0.25) is 0 Å². The predicted molar refractivity (Wildman–Crippen MR) is 68.7 cm³/mol. The second kappa shape index (κ2) is 12.8. The smallest absolute Gasteiger partial charge is 0.329 e. The van der Waals surface area contributed by atoms with Crippen molar-refractivity contribution in [2.24, 2.45) is 0 Å². The van der Waals surface area contributed by atoms with E-state index in [4.69, 9.17) is 14.6 Å². The van der Waals surface area contributed by atoms with E-state index in [0.29, 0.717) is 6.61 Å². The Labute approximate surface area is 109 Å². The zero-order chi connectivity index (χ0) is 13.6. The summed E-state index contributed by atoms with van der Waals surface area (Å²) in [6.45, 7) is 2.66. The van der Waals surface area contributed by atoms with E-state index in [-0.39, 0.29) is 19.8 Å². The van der Waals surface area contributed by atoms with Gasteiger partial charge in [-0.2, -0.15) is 0 Å². The van der Waals surface area contributed by atoms with Crippen molar-refractivity contribution in [2.45, 2.75) is 51.6 Å². The van der Waals surface area contributed by atoms with Crippen molar-refractivity contribution in [3.05, 3.63) is 0 Å². The fraction of sp³-hybridized carbons (Fsp3) is 0.923. The highest BCUT2D eigenvalue weighted by Crippen LogP contribution is 2.04. The lowest BCUT2D eigenvalue weighted by atomic mass is 10.1. The van der Waals surface area contributed by atoms with Crippen LogP contribution in [0.2, 0.25) is 0 Å². The molecule has 0 aromatic carbocycles. The maximum Gasteiger partial charge on any atom is 0.329 e. The van der Waals surface area contributed by atoms with E-state index >= 15 is 0 Å². The van der Waals surface area contributed by atoms with Gasteiger partial charge in [0.25, 0.3) is 0 Å². The van der Waals surface area contributed by atoms with Gasteiger partial charge in [-0.05, 0) is 6.42 Å². The molecular formula is C13H26O5. The highest BCUT2D eigenvalue weighted by Gasteiger charge is 2.05. The number of aliphatic carboxylic acids is 1. The summed E-state index contributed by atoms with van der Waals surface area (Å²) < 4.78 is 10.0. The average Bonchev–Trinajstić information content (AvgIpc) is 2.32. The molecule has 0 aliphatic heterocycles. The molecule has 0 saturated carbocycles. The van der Waals surface area contributed by atoms with Crippen LogP contribution < -0.4 is 0 Å². The van der Waals surface area contributed by atoms with E-state index < -0.39 is 12.1 Å². The molecule has 0 fully saturated rings. The number of hydrogen-bond acceptors (Lipinski definition) is 4. The van der Waals surface area contributed by atoms with Crippen LogP contribution in [0.1, 0.15) is 45.4 Å². The van der Waals surface area contributed by atoms with Crippen molar-refractivity contribution in [1.29, 1.82) is 0 Å². The summed E-state index contributed by atoms with van der Waals surface area (Å²) in [6, 6.07) is 0. The summed E-state index contributed by atoms with van der Waals surface area (Å²) in [7, 11) is 0. The van der Waals surface area contributed by atoms with Crippen molar-refractivity contribution in [3.63, 3.8) is 0 Å². The van der Waals surface area contributed by atoms with Crippen molar-refractivity contribution < 1.29 is 24.5 Å². The van der Waals surface area contributed by atoms with Crippen LogP contribution in [-0.2, 0) is 14.3 Å². The molecule has 0 bridgehead atoms. The standard InChI is InChI=1S/C13H26O5/c1-2-3-4-5-6-7-8-17-9-12(14)10-18-11-13(15)16/h12,14H,2-11H2,1H3,(H,15,16). The maximum absolute atomic E-state index is 10.2. The second-order valence-corrected chi connectivity index (χ2v) is 4.41. The minimum atomic E-state index is -1.03. The average molecular weight is 262 g/mol. The molecule has 2 N–H and O–H groups in total. The highest BCUT2D eigenvalue weighted by atomic mass is 16.5. The zero-order valence-electron chi connectivity index (χ0n) is 11.3. The van der Waals surface area contributed by atoms with Gasteiger partial charge in [-0.15, -0.1) is 0 Å². The molecule has 0 rings (SSSR count). The Morgan fingerprint density at radius 3 is 2.33 bits per heavy atom. The number of unbranched alkanes of at least 4 members (excludes halogenated alkanes) is 5. The topological polar surface area (TPSA) is 76.0 Å². The zero-order valence-corrected chi connectivity index (χ0v) is 11.3. The van der Waals surface area contributed by atoms with Crippen LogP contribution in [0.5, 0.6) is 0 Å². The Hall–Kier alpha value is -0.650. The van der Waals surface area contributed by atoms with Crippen molar-refractivity contribution >= 4 is 5.97 Å². The molecule has 0 aromatic rings. The SMILES string of the molecule is CCCCCCCCOCC(O)COCC(=O)O. The summed E-state index contributed by atoms with van der Waals surface area (Å²) in [5.74, 6) is -1.03. The first-order valence-electron chi connectivity index (χ1n) is 6.72.